The van der Waals surface area contributed by atoms with Crippen molar-refractivity contribution in [3.05, 3.63) is 14.9 Å². The maximum atomic E-state index is 12.5. The summed E-state index contributed by atoms with van der Waals surface area (Å²) in [5.74, 6) is 0.902. The van der Waals surface area contributed by atoms with Gasteiger partial charge in [0.15, 0.2) is 0 Å². The summed E-state index contributed by atoms with van der Waals surface area (Å²) in [5, 5.41) is 0.444. The summed E-state index contributed by atoms with van der Waals surface area (Å²) >= 11 is 10.3. The molecule has 0 radical (unpaired) electrons. The van der Waals surface area contributed by atoms with Gasteiger partial charge in [-0.1, -0.05) is 38.3 Å². The predicted molar refractivity (Wildman–Crippen MR) is 87.9 cm³/mol. The van der Waals surface area contributed by atoms with Gasteiger partial charge in [-0.3, -0.25) is 0 Å². The minimum atomic E-state index is -3.47. The highest BCUT2D eigenvalue weighted by atomic mass is 79.9. The molecule has 3 nitrogen and oxygen atoms in total. The number of halogens is 2. The molecule has 2 rings (SSSR count). The molecular weight excluding hydrogens is 382 g/mol. The Labute approximate surface area is 138 Å². The van der Waals surface area contributed by atoms with Crippen molar-refractivity contribution >= 4 is 48.9 Å². The van der Waals surface area contributed by atoms with E-state index in [4.69, 9.17) is 11.6 Å². The smallest absolute Gasteiger partial charge is 0.207 e. The fourth-order valence-corrected chi connectivity index (χ4v) is 6.56. The summed E-state index contributed by atoms with van der Waals surface area (Å²) < 4.78 is 28.7. The standard InChI is InChI=1S/C13H19BrClNO2S2/c1-8(2)9-5-3-4-6-11(9)16-20(17,18)12-7-10(15)13(14)19-12/h7-9,11,16H,3-6H2,1-2H3. The molecule has 7 heteroatoms. The van der Waals surface area contributed by atoms with Gasteiger partial charge in [-0.15, -0.1) is 11.3 Å². The third-order valence-corrected chi connectivity index (χ3v) is 8.31. The highest BCUT2D eigenvalue weighted by Gasteiger charge is 2.32. The number of thiophene rings is 1. The Kier molecular flexibility index (Phi) is 5.57. The first-order chi connectivity index (χ1) is 9.31. The van der Waals surface area contributed by atoms with Crippen LogP contribution in [-0.2, 0) is 10.0 Å². The van der Waals surface area contributed by atoms with E-state index in [1.165, 1.54) is 12.5 Å². The van der Waals surface area contributed by atoms with E-state index in [-0.39, 0.29) is 10.3 Å². The van der Waals surface area contributed by atoms with Crippen LogP contribution in [0.2, 0.25) is 5.02 Å². The molecule has 1 aliphatic rings. The van der Waals surface area contributed by atoms with E-state index in [9.17, 15) is 8.42 Å². The number of rotatable bonds is 4. The van der Waals surface area contributed by atoms with Gasteiger partial charge >= 0.3 is 0 Å². The van der Waals surface area contributed by atoms with Crippen molar-refractivity contribution < 1.29 is 8.42 Å². The van der Waals surface area contributed by atoms with Gasteiger partial charge in [0.05, 0.1) is 8.81 Å². The first-order valence-electron chi connectivity index (χ1n) is 6.78. The van der Waals surface area contributed by atoms with Crippen molar-refractivity contribution in [2.45, 2.75) is 49.8 Å². The molecule has 2 atom stereocenters. The molecule has 0 saturated heterocycles. The number of hydrogen-bond acceptors (Lipinski definition) is 3. The lowest BCUT2D eigenvalue weighted by molar-refractivity contribution is 0.226. The molecule has 1 fully saturated rings. The van der Waals surface area contributed by atoms with Crippen molar-refractivity contribution in [1.82, 2.24) is 4.72 Å². The van der Waals surface area contributed by atoms with Gasteiger partial charge < -0.3 is 0 Å². The third kappa shape index (κ3) is 3.77. The molecule has 20 heavy (non-hydrogen) atoms. The van der Waals surface area contributed by atoms with Gasteiger partial charge in [-0.25, -0.2) is 13.1 Å². The molecule has 0 amide bonds. The maximum Gasteiger partial charge on any atom is 0.250 e. The second-order valence-electron chi connectivity index (χ2n) is 5.61. The van der Waals surface area contributed by atoms with Crippen LogP contribution in [0.4, 0.5) is 0 Å². The van der Waals surface area contributed by atoms with Crippen molar-refractivity contribution in [3.63, 3.8) is 0 Å². The van der Waals surface area contributed by atoms with Crippen LogP contribution in [0.15, 0.2) is 14.1 Å². The minimum absolute atomic E-state index is 0.0356. The molecule has 1 aliphatic carbocycles. The molecule has 1 aromatic rings. The van der Waals surface area contributed by atoms with Crippen LogP contribution in [0, 0.1) is 11.8 Å². The number of sulfonamides is 1. The van der Waals surface area contributed by atoms with Crippen molar-refractivity contribution in [3.8, 4) is 0 Å². The Morgan fingerprint density at radius 2 is 2.05 bits per heavy atom. The highest BCUT2D eigenvalue weighted by molar-refractivity contribution is 9.11. The van der Waals surface area contributed by atoms with Crippen molar-refractivity contribution in [2.24, 2.45) is 11.8 Å². The zero-order valence-corrected chi connectivity index (χ0v) is 15.5. The molecule has 0 aliphatic heterocycles. The van der Waals surface area contributed by atoms with E-state index in [1.807, 2.05) is 0 Å². The molecule has 1 N–H and O–H groups in total. The summed E-state index contributed by atoms with van der Waals surface area (Å²) in [6.45, 7) is 4.33. The summed E-state index contributed by atoms with van der Waals surface area (Å²) in [7, 11) is -3.47. The SMILES string of the molecule is CC(C)C1CCCCC1NS(=O)(=O)c1cc(Cl)c(Br)s1. The Bertz CT molecular complexity index is 551. The van der Waals surface area contributed by atoms with Crippen LogP contribution < -0.4 is 4.72 Å². The molecule has 1 saturated carbocycles. The van der Waals surface area contributed by atoms with Gasteiger partial charge in [-0.05, 0) is 46.7 Å². The second kappa shape index (κ2) is 6.65. The summed E-state index contributed by atoms with van der Waals surface area (Å²) in [4.78, 5) is 0. The Balaban J connectivity index is 2.18. The lowest BCUT2D eigenvalue weighted by atomic mass is 9.78. The first kappa shape index (κ1) is 16.7. The van der Waals surface area contributed by atoms with Crippen LogP contribution in [0.1, 0.15) is 39.5 Å². The van der Waals surface area contributed by atoms with Crippen LogP contribution >= 0.6 is 38.9 Å². The minimum Gasteiger partial charge on any atom is -0.207 e. The summed E-state index contributed by atoms with van der Waals surface area (Å²) in [6.07, 6.45) is 4.30. The first-order valence-corrected chi connectivity index (χ1v) is 10.3. The second-order valence-corrected chi connectivity index (χ2v) is 10.3. The zero-order chi connectivity index (χ0) is 14.9. The molecule has 1 aromatic heterocycles. The Morgan fingerprint density at radius 1 is 1.40 bits per heavy atom. The molecule has 0 spiro atoms. The Morgan fingerprint density at radius 3 is 2.60 bits per heavy atom. The van der Waals surface area contributed by atoms with Crippen molar-refractivity contribution in [1.29, 1.82) is 0 Å². The fourth-order valence-electron chi connectivity index (χ4n) is 2.82. The van der Waals surface area contributed by atoms with Crippen LogP contribution in [0.5, 0.6) is 0 Å². The predicted octanol–water partition coefficient (Wildman–Crippen LogP) is 4.66. The largest absolute Gasteiger partial charge is 0.250 e. The number of hydrogen-bond donors (Lipinski definition) is 1. The average Bonchev–Trinajstić information content (AvgIpc) is 2.70. The molecule has 0 bridgehead atoms. The molecule has 1 heterocycles. The van der Waals surface area contributed by atoms with Gasteiger partial charge in [0.25, 0.3) is 0 Å². The number of nitrogens with one attached hydrogen (secondary N) is 1. The lowest BCUT2D eigenvalue weighted by Crippen LogP contribution is -2.43. The normalized spacial score (nSPS) is 24.2. The summed E-state index contributed by atoms with van der Waals surface area (Å²) in [5.41, 5.74) is 0. The van der Waals surface area contributed by atoms with Gasteiger partial charge in [0.1, 0.15) is 4.21 Å². The molecule has 2 unspecified atom stereocenters. The van der Waals surface area contributed by atoms with Gasteiger partial charge in [0, 0.05) is 6.04 Å². The zero-order valence-electron chi connectivity index (χ0n) is 11.5. The van der Waals surface area contributed by atoms with Crippen LogP contribution in [-0.4, -0.2) is 14.5 Å². The fraction of sp³-hybridized carbons (Fsp3) is 0.692. The van der Waals surface area contributed by atoms with Crippen LogP contribution in [0.25, 0.3) is 0 Å². The average molecular weight is 401 g/mol. The van der Waals surface area contributed by atoms with E-state index >= 15 is 0 Å². The molecule has 0 aromatic carbocycles. The monoisotopic (exact) mass is 399 g/mol. The topological polar surface area (TPSA) is 46.2 Å². The molecule has 114 valence electrons. The third-order valence-electron chi connectivity index (χ3n) is 3.87. The maximum absolute atomic E-state index is 12.5. The van der Waals surface area contributed by atoms with E-state index in [0.717, 1.165) is 30.6 Å². The highest BCUT2D eigenvalue weighted by Crippen LogP contribution is 2.36. The Hall–Kier alpha value is 0.380. The van der Waals surface area contributed by atoms with Crippen LogP contribution in [0.3, 0.4) is 0 Å². The van der Waals surface area contributed by atoms with Gasteiger partial charge in [0.2, 0.25) is 10.0 Å². The van der Waals surface area contributed by atoms with E-state index < -0.39 is 10.0 Å². The van der Waals surface area contributed by atoms with Gasteiger partial charge in [-0.2, -0.15) is 0 Å². The van der Waals surface area contributed by atoms with E-state index in [1.54, 1.807) is 0 Å². The van der Waals surface area contributed by atoms with E-state index in [0.29, 0.717) is 20.6 Å². The van der Waals surface area contributed by atoms with Crippen molar-refractivity contribution in [2.75, 3.05) is 0 Å². The quantitative estimate of drug-likeness (QED) is 0.799. The molecular formula is C13H19BrClNO2S2. The summed E-state index contributed by atoms with van der Waals surface area (Å²) in [6, 6.07) is 1.54. The lowest BCUT2D eigenvalue weighted by Gasteiger charge is -2.34. The van der Waals surface area contributed by atoms with E-state index in [2.05, 4.69) is 34.5 Å².